The third-order valence-electron chi connectivity index (χ3n) is 4.33. The third-order valence-corrected chi connectivity index (χ3v) is 5.56. The molecule has 28 heavy (non-hydrogen) atoms. The minimum atomic E-state index is -0.694. The van der Waals surface area contributed by atoms with Crippen LogP contribution in [-0.2, 0) is 4.79 Å². The minimum Gasteiger partial charge on any atom is -0.340 e. The van der Waals surface area contributed by atoms with E-state index in [1.807, 2.05) is 55.6 Å². The molecule has 144 valence electrons. The Balaban J connectivity index is 1.80. The van der Waals surface area contributed by atoms with Gasteiger partial charge in [0.1, 0.15) is 6.04 Å². The van der Waals surface area contributed by atoms with E-state index < -0.39 is 6.04 Å². The highest BCUT2D eigenvalue weighted by Gasteiger charge is 2.26. The van der Waals surface area contributed by atoms with Gasteiger partial charge < -0.3 is 10.6 Å². The number of carbonyl (C=O) groups is 2. The maximum Gasteiger partial charge on any atom is 0.253 e. The van der Waals surface area contributed by atoms with Crippen LogP contribution in [0.25, 0.3) is 10.4 Å². The SMILES string of the molecule is CC(C)[C@H](NC(=O)c1ccccc1Cl)C(=O)Nc1ccccc1-c1cccs1. The Morgan fingerprint density at radius 1 is 0.964 bits per heavy atom. The second kappa shape index (κ2) is 9.04. The lowest BCUT2D eigenvalue weighted by Gasteiger charge is -2.22. The van der Waals surface area contributed by atoms with Gasteiger partial charge in [0.05, 0.1) is 10.6 Å². The Morgan fingerprint density at radius 2 is 1.68 bits per heavy atom. The van der Waals surface area contributed by atoms with E-state index in [4.69, 9.17) is 11.6 Å². The van der Waals surface area contributed by atoms with Crippen molar-refractivity contribution in [3.63, 3.8) is 0 Å². The second-order valence-corrected chi connectivity index (χ2v) is 8.04. The number of thiophene rings is 1. The van der Waals surface area contributed by atoms with Crippen LogP contribution in [0.2, 0.25) is 5.02 Å². The third kappa shape index (κ3) is 4.61. The van der Waals surface area contributed by atoms with E-state index in [0.717, 1.165) is 10.4 Å². The van der Waals surface area contributed by atoms with Crippen molar-refractivity contribution >= 4 is 40.4 Å². The van der Waals surface area contributed by atoms with Crippen molar-refractivity contribution in [3.05, 3.63) is 76.6 Å². The van der Waals surface area contributed by atoms with E-state index in [1.165, 1.54) is 0 Å². The first-order chi connectivity index (χ1) is 13.5. The maximum atomic E-state index is 13.0. The average Bonchev–Trinajstić information content (AvgIpc) is 3.21. The van der Waals surface area contributed by atoms with E-state index >= 15 is 0 Å². The molecule has 0 bridgehead atoms. The first kappa shape index (κ1) is 20.1. The van der Waals surface area contributed by atoms with Gasteiger partial charge in [0.2, 0.25) is 5.91 Å². The van der Waals surface area contributed by atoms with Crippen molar-refractivity contribution in [1.82, 2.24) is 5.32 Å². The van der Waals surface area contributed by atoms with Crippen LogP contribution in [-0.4, -0.2) is 17.9 Å². The number of amides is 2. The summed E-state index contributed by atoms with van der Waals surface area (Å²) in [6.07, 6.45) is 0. The van der Waals surface area contributed by atoms with Gasteiger partial charge in [-0.05, 0) is 35.6 Å². The summed E-state index contributed by atoms with van der Waals surface area (Å²) in [5, 5.41) is 8.13. The van der Waals surface area contributed by atoms with Gasteiger partial charge in [-0.2, -0.15) is 0 Å². The van der Waals surface area contributed by atoms with Gasteiger partial charge >= 0.3 is 0 Å². The number of hydrogen-bond donors (Lipinski definition) is 2. The van der Waals surface area contributed by atoms with Crippen LogP contribution in [0.4, 0.5) is 5.69 Å². The highest BCUT2D eigenvalue weighted by molar-refractivity contribution is 7.13. The van der Waals surface area contributed by atoms with Gasteiger partial charge in [-0.1, -0.05) is 61.8 Å². The molecule has 2 aromatic carbocycles. The normalized spacial score (nSPS) is 11.9. The molecule has 0 aliphatic heterocycles. The molecule has 2 amide bonds. The number of benzene rings is 2. The van der Waals surface area contributed by atoms with Crippen molar-refractivity contribution in [2.75, 3.05) is 5.32 Å². The lowest BCUT2D eigenvalue weighted by Crippen LogP contribution is -2.47. The molecule has 1 heterocycles. The van der Waals surface area contributed by atoms with Crippen LogP contribution in [0, 0.1) is 5.92 Å². The maximum absolute atomic E-state index is 13.0. The van der Waals surface area contributed by atoms with Gasteiger partial charge in [-0.3, -0.25) is 9.59 Å². The van der Waals surface area contributed by atoms with Crippen LogP contribution < -0.4 is 10.6 Å². The quantitative estimate of drug-likeness (QED) is 0.564. The summed E-state index contributed by atoms with van der Waals surface area (Å²) in [6.45, 7) is 3.78. The first-order valence-corrected chi connectivity index (χ1v) is 10.2. The van der Waals surface area contributed by atoms with Gasteiger partial charge in [-0.25, -0.2) is 0 Å². The van der Waals surface area contributed by atoms with E-state index in [-0.39, 0.29) is 17.7 Å². The molecule has 3 aromatic rings. The molecule has 0 aliphatic carbocycles. The fourth-order valence-electron chi connectivity index (χ4n) is 2.85. The predicted molar refractivity (Wildman–Crippen MR) is 116 cm³/mol. The lowest BCUT2D eigenvalue weighted by atomic mass is 10.0. The van der Waals surface area contributed by atoms with E-state index in [2.05, 4.69) is 10.6 Å². The predicted octanol–water partition coefficient (Wildman–Crippen LogP) is 5.46. The van der Waals surface area contributed by atoms with E-state index in [1.54, 1.807) is 35.6 Å². The van der Waals surface area contributed by atoms with E-state index in [0.29, 0.717) is 16.3 Å². The second-order valence-electron chi connectivity index (χ2n) is 6.69. The van der Waals surface area contributed by atoms with Crippen LogP contribution in [0.1, 0.15) is 24.2 Å². The zero-order chi connectivity index (χ0) is 20.1. The summed E-state index contributed by atoms with van der Waals surface area (Å²) in [4.78, 5) is 26.7. The van der Waals surface area contributed by atoms with Gasteiger partial charge in [0, 0.05) is 16.1 Å². The van der Waals surface area contributed by atoms with Gasteiger partial charge in [-0.15, -0.1) is 11.3 Å². The number of para-hydroxylation sites is 1. The molecule has 0 saturated carbocycles. The summed E-state index contributed by atoms with van der Waals surface area (Å²) >= 11 is 7.71. The lowest BCUT2D eigenvalue weighted by molar-refractivity contribution is -0.118. The molecule has 1 atom stereocenters. The molecule has 3 rings (SSSR count). The van der Waals surface area contributed by atoms with Gasteiger partial charge in [0.25, 0.3) is 5.91 Å². The minimum absolute atomic E-state index is 0.0969. The number of carbonyl (C=O) groups excluding carboxylic acids is 2. The molecular weight excluding hydrogens is 392 g/mol. The van der Waals surface area contributed by atoms with Crippen LogP contribution in [0.3, 0.4) is 0 Å². The summed E-state index contributed by atoms with van der Waals surface area (Å²) in [6, 6.07) is 17.7. The molecule has 1 aromatic heterocycles. The molecule has 0 unspecified atom stereocenters. The van der Waals surface area contributed by atoms with Crippen LogP contribution in [0.5, 0.6) is 0 Å². The van der Waals surface area contributed by atoms with E-state index in [9.17, 15) is 9.59 Å². The van der Waals surface area contributed by atoms with Crippen molar-refractivity contribution < 1.29 is 9.59 Å². The Labute approximate surface area is 173 Å². The molecule has 2 N–H and O–H groups in total. The molecule has 0 spiro atoms. The average molecular weight is 413 g/mol. The number of halogens is 1. The molecular formula is C22H21ClN2O2S. The van der Waals surface area contributed by atoms with Crippen LogP contribution >= 0.6 is 22.9 Å². The highest BCUT2D eigenvalue weighted by atomic mass is 35.5. The summed E-state index contributed by atoms with van der Waals surface area (Å²) in [5.41, 5.74) is 2.01. The molecule has 0 radical (unpaired) electrons. The molecule has 6 heteroatoms. The fraction of sp³-hybridized carbons (Fsp3) is 0.182. The summed E-state index contributed by atoms with van der Waals surface area (Å²) in [7, 11) is 0. The summed E-state index contributed by atoms with van der Waals surface area (Å²) in [5.74, 6) is -0.731. The standard InChI is InChI=1S/C22H21ClN2O2S/c1-14(2)20(25-21(26)15-8-3-5-10-17(15)23)22(27)24-18-11-6-4-9-16(18)19-12-7-13-28-19/h3-14,20H,1-2H3,(H,24,27)(H,25,26)/t20-/m0/s1. The van der Waals surface area contributed by atoms with Crippen molar-refractivity contribution in [2.24, 2.45) is 5.92 Å². The fourth-order valence-corrected chi connectivity index (χ4v) is 3.84. The van der Waals surface area contributed by atoms with Crippen LogP contribution in [0.15, 0.2) is 66.0 Å². The largest absolute Gasteiger partial charge is 0.340 e. The zero-order valence-corrected chi connectivity index (χ0v) is 17.2. The summed E-state index contributed by atoms with van der Waals surface area (Å²) < 4.78 is 0. The monoisotopic (exact) mass is 412 g/mol. The smallest absolute Gasteiger partial charge is 0.253 e. The van der Waals surface area contributed by atoms with Crippen molar-refractivity contribution in [2.45, 2.75) is 19.9 Å². The molecule has 4 nitrogen and oxygen atoms in total. The number of anilines is 1. The Kier molecular flexibility index (Phi) is 6.49. The molecule has 0 fully saturated rings. The molecule has 0 saturated heterocycles. The number of nitrogens with one attached hydrogen (secondary N) is 2. The van der Waals surface area contributed by atoms with Crippen molar-refractivity contribution in [3.8, 4) is 10.4 Å². The number of hydrogen-bond acceptors (Lipinski definition) is 3. The van der Waals surface area contributed by atoms with Gasteiger partial charge in [0.15, 0.2) is 0 Å². The first-order valence-electron chi connectivity index (χ1n) is 8.96. The molecule has 0 aliphatic rings. The topological polar surface area (TPSA) is 58.2 Å². The Morgan fingerprint density at radius 3 is 2.36 bits per heavy atom. The van der Waals surface area contributed by atoms with Crippen molar-refractivity contribution in [1.29, 1.82) is 0 Å². The zero-order valence-electron chi connectivity index (χ0n) is 15.6. The number of rotatable bonds is 6. The Bertz CT molecular complexity index is 970. The Hall–Kier alpha value is -2.63. The highest BCUT2D eigenvalue weighted by Crippen LogP contribution is 2.31.